The minimum Gasteiger partial charge on any atom is -0.348 e. The molecule has 0 unspecified atom stereocenters. The largest absolute Gasteiger partial charge is 0.348 e. The smallest absolute Gasteiger partial charge is 0.270 e. The highest BCUT2D eigenvalue weighted by molar-refractivity contribution is 6.08. The van der Waals surface area contributed by atoms with E-state index in [1.165, 1.54) is 0 Å². The molecule has 8 heteroatoms. The van der Waals surface area contributed by atoms with Crippen molar-refractivity contribution < 1.29 is 14.4 Å². The molecule has 8 nitrogen and oxygen atoms in total. The lowest BCUT2D eigenvalue weighted by molar-refractivity contribution is -0.133. The molecule has 1 saturated heterocycles. The van der Waals surface area contributed by atoms with Gasteiger partial charge >= 0.3 is 0 Å². The summed E-state index contributed by atoms with van der Waals surface area (Å²) in [5.41, 5.74) is 3.07. The average Bonchev–Trinajstić information content (AvgIpc) is 3.37. The van der Waals surface area contributed by atoms with Crippen molar-refractivity contribution in [2.75, 3.05) is 24.5 Å². The van der Waals surface area contributed by atoms with Crippen LogP contribution in [0.3, 0.4) is 0 Å². The molecule has 0 atom stereocenters. The van der Waals surface area contributed by atoms with E-state index in [9.17, 15) is 14.4 Å². The molecule has 6 rings (SSSR count). The molecule has 1 N–H and O–H groups in total. The van der Waals surface area contributed by atoms with E-state index in [1.54, 1.807) is 11.6 Å². The van der Waals surface area contributed by atoms with E-state index in [2.05, 4.69) is 22.5 Å². The molecule has 0 radical (unpaired) electrons. The van der Waals surface area contributed by atoms with Crippen LogP contribution in [-0.2, 0) is 22.1 Å². The lowest BCUT2D eigenvalue weighted by Crippen LogP contribution is -2.50. The fourth-order valence-corrected chi connectivity index (χ4v) is 6.88. The summed E-state index contributed by atoms with van der Waals surface area (Å²) in [5, 5.41) is 8.58. The van der Waals surface area contributed by atoms with Gasteiger partial charge in [-0.05, 0) is 62.1 Å². The zero-order valence-electron chi connectivity index (χ0n) is 22.2. The van der Waals surface area contributed by atoms with Gasteiger partial charge in [0.1, 0.15) is 5.69 Å². The summed E-state index contributed by atoms with van der Waals surface area (Å²) in [7, 11) is 1.81. The molecular weight excluding hydrogens is 478 g/mol. The number of rotatable bonds is 4. The molecule has 3 amide bonds. The Labute approximate surface area is 223 Å². The molecule has 2 aliphatic heterocycles. The predicted molar refractivity (Wildman–Crippen MR) is 146 cm³/mol. The Bertz CT molecular complexity index is 1400. The van der Waals surface area contributed by atoms with Gasteiger partial charge in [-0.1, -0.05) is 36.4 Å². The molecule has 2 fully saturated rings. The lowest BCUT2D eigenvalue weighted by atomic mass is 9.73. The highest BCUT2D eigenvalue weighted by Crippen LogP contribution is 2.48. The molecular formula is C30H35N5O3. The number of anilines is 1. The van der Waals surface area contributed by atoms with Crippen molar-refractivity contribution >= 4 is 34.3 Å². The Morgan fingerprint density at radius 1 is 1.00 bits per heavy atom. The van der Waals surface area contributed by atoms with Gasteiger partial charge in [-0.3, -0.25) is 19.1 Å². The second-order valence-electron chi connectivity index (χ2n) is 11.2. The molecule has 3 aromatic rings. The van der Waals surface area contributed by atoms with Crippen molar-refractivity contribution in [1.29, 1.82) is 0 Å². The number of amides is 3. The normalized spacial score (nSPS) is 22.6. The van der Waals surface area contributed by atoms with Crippen LogP contribution in [0.25, 0.3) is 10.9 Å². The lowest BCUT2D eigenvalue weighted by Gasteiger charge is -2.38. The molecule has 1 saturated carbocycles. The van der Waals surface area contributed by atoms with Crippen molar-refractivity contribution in [3.8, 4) is 0 Å². The quantitative estimate of drug-likeness (QED) is 0.575. The number of nitrogens with one attached hydrogen (secondary N) is 1. The van der Waals surface area contributed by atoms with Crippen LogP contribution in [0.1, 0.15) is 61.5 Å². The van der Waals surface area contributed by atoms with Gasteiger partial charge in [0.15, 0.2) is 0 Å². The van der Waals surface area contributed by atoms with Gasteiger partial charge in [0, 0.05) is 50.7 Å². The summed E-state index contributed by atoms with van der Waals surface area (Å²) in [4.78, 5) is 42.8. The van der Waals surface area contributed by atoms with Crippen LogP contribution in [-0.4, -0.2) is 58.1 Å². The molecule has 3 aliphatic rings. The van der Waals surface area contributed by atoms with E-state index < -0.39 is 5.41 Å². The van der Waals surface area contributed by atoms with Crippen LogP contribution in [0, 0.1) is 5.92 Å². The first-order valence-electron chi connectivity index (χ1n) is 13.8. The van der Waals surface area contributed by atoms with E-state index in [4.69, 9.17) is 0 Å². The van der Waals surface area contributed by atoms with E-state index in [0.29, 0.717) is 44.1 Å². The summed E-state index contributed by atoms with van der Waals surface area (Å²) in [6.07, 6.45) is 5.09. The second kappa shape index (κ2) is 9.57. The number of benzene rings is 2. The van der Waals surface area contributed by atoms with Crippen LogP contribution in [0.4, 0.5) is 5.69 Å². The summed E-state index contributed by atoms with van der Waals surface area (Å²) in [5.74, 6) is 0.591. The first-order chi connectivity index (χ1) is 18.4. The maximum absolute atomic E-state index is 13.9. The average molecular weight is 514 g/mol. The number of aromatic nitrogens is 2. The highest BCUT2D eigenvalue weighted by atomic mass is 16.2. The predicted octanol–water partition coefficient (Wildman–Crippen LogP) is 3.79. The van der Waals surface area contributed by atoms with Crippen LogP contribution < -0.4 is 10.2 Å². The van der Waals surface area contributed by atoms with Crippen molar-refractivity contribution in [2.45, 2.75) is 56.9 Å². The van der Waals surface area contributed by atoms with Gasteiger partial charge in [-0.25, -0.2) is 0 Å². The Morgan fingerprint density at radius 3 is 2.42 bits per heavy atom. The minimum absolute atomic E-state index is 0.0767. The van der Waals surface area contributed by atoms with Crippen molar-refractivity contribution in [1.82, 2.24) is 20.0 Å². The SMILES string of the molecule is CC(=O)N1CCC2(CC1)C(=O)N(C[C@H]1CC[C@H](NC(=O)c3c4ccccc4nn3C)CC1)c1ccccc12. The van der Waals surface area contributed by atoms with Crippen LogP contribution in [0.15, 0.2) is 48.5 Å². The van der Waals surface area contributed by atoms with Gasteiger partial charge in [-0.15, -0.1) is 0 Å². The minimum atomic E-state index is -0.514. The number of hydrogen-bond donors (Lipinski definition) is 1. The van der Waals surface area contributed by atoms with Gasteiger partial charge in [0.05, 0.1) is 10.9 Å². The Hall–Kier alpha value is -3.68. The molecule has 3 heterocycles. The zero-order chi connectivity index (χ0) is 26.4. The number of fused-ring (bicyclic) bond motifs is 3. The monoisotopic (exact) mass is 513 g/mol. The molecule has 198 valence electrons. The third kappa shape index (κ3) is 4.06. The third-order valence-electron chi connectivity index (χ3n) is 9.01. The Kier molecular flexibility index (Phi) is 6.20. The molecule has 0 bridgehead atoms. The first kappa shape index (κ1) is 24.6. The number of carbonyl (C=O) groups is 3. The number of likely N-dealkylation sites (tertiary alicyclic amines) is 1. The Balaban J connectivity index is 1.11. The van der Waals surface area contributed by atoms with Gasteiger partial charge in [-0.2, -0.15) is 5.10 Å². The number of aryl methyl sites for hydroxylation is 1. The standard InChI is InChI=1S/C30H35N5O3/c1-20(36)34-17-15-30(16-18-34)24-8-4-6-10-26(24)35(29(30)38)19-21-11-13-22(14-12-21)31-28(37)27-23-7-3-5-9-25(23)32-33(27)2/h3-10,21-22H,11-19H2,1-2H3,(H,31,37)/t21-,22-. The van der Waals surface area contributed by atoms with Crippen molar-refractivity contribution in [3.05, 3.63) is 59.8 Å². The maximum Gasteiger partial charge on any atom is 0.270 e. The fourth-order valence-electron chi connectivity index (χ4n) is 6.88. The summed E-state index contributed by atoms with van der Waals surface area (Å²) in [6, 6.07) is 16.1. The highest BCUT2D eigenvalue weighted by Gasteiger charge is 2.52. The van der Waals surface area contributed by atoms with Gasteiger partial charge in [0.2, 0.25) is 11.8 Å². The second-order valence-corrected chi connectivity index (χ2v) is 11.2. The number of carbonyl (C=O) groups excluding carboxylic acids is 3. The van der Waals surface area contributed by atoms with Crippen LogP contribution in [0.2, 0.25) is 0 Å². The molecule has 1 aliphatic carbocycles. The van der Waals surface area contributed by atoms with Gasteiger partial charge < -0.3 is 15.1 Å². The molecule has 38 heavy (non-hydrogen) atoms. The molecule has 2 aromatic carbocycles. The topological polar surface area (TPSA) is 87.5 Å². The fraction of sp³-hybridized carbons (Fsp3) is 0.467. The number of para-hydroxylation sites is 1. The summed E-state index contributed by atoms with van der Waals surface area (Å²) in [6.45, 7) is 3.56. The summed E-state index contributed by atoms with van der Waals surface area (Å²) < 4.78 is 1.67. The van der Waals surface area contributed by atoms with Crippen LogP contribution in [0.5, 0.6) is 0 Å². The molecule has 1 aromatic heterocycles. The maximum atomic E-state index is 13.9. The molecule has 1 spiro atoms. The van der Waals surface area contributed by atoms with E-state index in [1.807, 2.05) is 53.2 Å². The Morgan fingerprint density at radius 2 is 1.68 bits per heavy atom. The third-order valence-corrected chi connectivity index (χ3v) is 9.01. The van der Waals surface area contributed by atoms with E-state index >= 15 is 0 Å². The zero-order valence-corrected chi connectivity index (χ0v) is 22.2. The number of nitrogens with zero attached hydrogens (tertiary/aromatic N) is 4. The number of hydrogen-bond acceptors (Lipinski definition) is 4. The van der Waals surface area contributed by atoms with Crippen molar-refractivity contribution in [3.63, 3.8) is 0 Å². The number of piperidine rings is 1. The van der Waals surface area contributed by atoms with E-state index in [-0.39, 0.29) is 23.8 Å². The summed E-state index contributed by atoms with van der Waals surface area (Å²) >= 11 is 0. The van der Waals surface area contributed by atoms with Crippen LogP contribution >= 0.6 is 0 Å². The van der Waals surface area contributed by atoms with Gasteiger partial charge in [0.25, 0.3) is 5.91 Å². The van der Waals surface area contributed by atoms with Crippen molar-refractivity contribution in [2.24, 2.45) is 13.0 Å². The first-order valence-corrected chi connectivity index (χ1v) is 13.8. The van der Waals surface area contributed by atoms with E-state index in [0.717, 1.165) is 47.8 Å².